The highest BCUT2D eigenvalue weighted by molar-refractivity contribution is 5.93. The predicted octanol–water partition coefficient (Wildman–Crippen LogP) is 7.21. The number of Topliss-reactive ketones (excluding diaryl/α,β-unsaturated/α-hetero) is 2. The SMILES string of the molecule is COC(=O)[C@@]12CC(=O)[C@H](C(C)C)CC(=O)[C@H](C)CCC[C@H](C)/C=C3/O[C@@](C)(C1)/C1=C/C[C@](C)(O)[C@H]4CC[C@](C)(O4)[C@H](O)CC/C(C)=C/[C@@H]1[C@H]32. The number of hydrogen-bond acceptors (Lipinski definition) is 8. The van der Waals surface area contributed by atoms with Crippen molar-refractivity contribution in [1.29, 1.82) is 0 Å². The molecule has 3 saturated heterocycles. The van der Waals surface area contributed by atoms with Gasteiger partial charge in [0.05, 0.1) is 41.7 Å². The van der Waals surface area contributed by atoms with Crippen LogP contribution < -0.4 is 0 Å². The summed E-state index contributed by atoms with van der Waals surface area (Å²) in [6, 6.07) is 0. The van der Waals surface area contributed by atoms with E-state index in [0.29, 0.717) is 32.1 Å². The van der Waals surface area contributed by atoms with Crippen LogP contribution in [0.2, 0.25) is 0 Å². The van der Waals surface area contributed by atoms with Crippen molar-refractivity contribution >= 4 is 17.5 Å². The van der Waals surface area contributed by atoms with Gasteiger partial charge in [-0.2, -0.15) is 0 Å². The van der Waals surface area contributed by atoms with E-state index in [1.807, 2.05) is 34.6 Å². The van der Waals surface area contributed by atoms with Crippen LogP contribution in [0.25, 0.3) is 0 Å². The molecule has 6 aliphatic rings. The van der Waals surface area contributed by atoms with Gasteiger partial charge in [-0.1, -0.05) is 51.8 Å². The Bertz CT molecular complexity index is 1390. The fourth-order valence-electron chi connectivity index (χ4n) is 9.78. The summed E-state index contributed by atoms with van der Waals surface area (Å²) < 4.78 is 19.0. The molecule has 4 aliphatic heterocycles. The summed E-state index contributed by atoms with van der Waals surface area (Å²) in [4.78, 5) is 42.3. The van der Waals surface area contributed by atoms with Crippen LogP contribution in [-0.4, -0.2) is 63.9 Å². The molecular formula is C41H62O8. The average Bonchev–Trinajstić information content (AvgIpc) is 3.44. The number of ether oxygens (including phenoxy) is 3. The second-order valence-corrected chi connectivity index (χ2v) is 17.4. The molecule has 0 amide bonds. The Labute approximate surface area is 294 Å². The van der Waals surface area contributed by atoms with Crippen LogP contribution in [0.1, 0.15) is 126 Å². The highest BCUT2D eigenvalue weighted by Gasteiger charge is 2.66. The first-order valence-corrected chi connectivity index (χ1v) is 18.9. The molecule has 274 valence electrons. The Kier molecular flexibility index (Phi) is 10.9. The van der Waals surface area contributed by atoms with Crippen LogP contribution in [0.4, 0.5) is 0 Å². The Balaban J connectivity index is 1.71. The zero-order chi connectivity index (χ0) is 36.1. The lowest BCUT2D eigenvalue weighted by Gasteiger charge is -2.60. The molecule has 0 spiro atoms. The molecule has 0 radical (unpaired) electrons. The Morgan fingerprint density at radius 1 is 1.04 bits per heavy atom. The molecule has 49 heavy (non-hydrogen) atoms. The number of ketones is 2. The Hall–Kier alpha value is -2.29. The lowest BCUT2D eigenvalue weighted by atomic mass is 9.50. The lowest BCUT2D eigenvalue weighted by Crippen LogP contribution is -2.62. The number of aliphatic hydroxyl groups excluding tert-OH is 1. The number of aliphatic hydroxyl groups is 2. The molecule has 0 aromatic carbocycles. The van der Waals surface area contributed by atoms with Gasteiger partial charge in [0.25, 0.3) is 0 Å². The minimum absolute atomic E-state index is 0.0408. The van der Waals surface area contributed by atoms with E-state index < -0.39 is 52.2 Å². The molecule has 8 heteroatoms. The summed E-state index contributed by atoms with van der Waals surface area (Å²) in [6.07, 6.45) is 11.0. The van der Waals surface area contributed by atoms with Gasteiger partial charge in [-0.25, -0.2) is 0 Å². The molecule has 4 heterocycles. The van der Waals surface area contributed by atoms with E-state index in [9.17, 15) is 24.6 Å². The maximum atomic E-state index is 14.5. The third kappa shape index (κ3) is 7.26. The first-order valence-electron chi connectivity index (χ1n) is 18.9. The van der Waals surface area contributed by atoms with Gasteiger partial charge in [-0.05, 0) is 96.1 Å². The molecule has 6 bridgehead atoms. The summed E-state index contributed by atoms with van der Waals surface area (Å²) in [5.41, 5.74) is -2.06. The fourth-order valence-corrected chi connectivity index (χ4v) is 9.78. The van der Waals surface area contributed by atoms with E-state index in [0.717, 1.165) is 36.2 Å². The molecule has 6 rings (SSSR count). The lowest BCUT2D eigenvalue weighted by molar-refractivity contribution is -0.185. The second-order valence-electron chi connectivity index (χ2n) is 17.4. The van der Waals surface area contributed by atoms with Crippen LogP contribution in [0.5, 0.6) is 0 Å². The van der Waals surface area contributed by atoms with Crippen LogP contribution in [0.15, 0.2) is 35.1 Å². The van der Waals surface area contributed by atoms with E-state index >= 15 is 0 Å². The Morgan fingerprint density at radius 3 is 2.43 bits per heavy atom. The first kappa shape index (κ1) is 38.0. The zero-order valence-electron chi connectivity index (χ0n) is 31.5. The number of fused-ring (bicyclic) bond motifs is 2. The highest BCUT2D eigenvalue weighted by atomic mass is 16.5. The molecule has 0 unspecified atom stereocenters. The van der Waals surface area contributed by atoms with Gasteiger partial charge >= 0.3 is 5.97 Å². The zero-order valence-corrected chi connectivity index (χ0v) is 31.5. The summed E-state index contributed by atoms with van der Waals surface area (Å²) in [6.45, 7) is 15.9. The summed E-state index contributed by atoms with van der Waals surface area (Å²) in [7, 11) is 1.39. The van der Waals surface area contributed by atoms with E-state index in [1.165, 1.54) is 7.11 Å². The molecule has 0 aromatic heterocycles. The van der Waals surface area contributed by atoms with Gasteiger partial charge in [0, 0.05) is 42.9 Å². The summed E-state index contributed by atoms with van der Waals surface area (Å²) in [5, 5.41) is 23.2. The molecular weight excluding hydrogens is 620 g/mol. The van der Waals surface area contributed by atoms with Crippen molar-refractivity contribution < 1.29 is 38.8 Å². The number of carbonyl (C=O) groups is 3. The molecule has 2 aliphatic carbocycles. The standard InChI is InChI=1S/C41H62O8/c1-24(2)28-21-31(42)27(5)12-10-11-25(3)20-33-36-29-19-26(4)13-14-34(44)39(7)18-16-35(49-39)38(6,46)17-15-30(29)40(8,48-33)23-41(36,22-32(28)43)37(45)47-9/h15,19-20,24-25,27-29,34-36,44,46H,10-14,16-18,21-23H2,1-9H3/b26-19+,30-15+,33-20+/t25-,27+,28-,29-,34+,35+,36+,38-,39-,40-,41-/m0/s1. The number of esters is 1. The largest absolute Gasteiger partial charge is 0.487 e. The van der Waals surface area contributed by atoms with Gasteiger partial charge < -0.3 is 24.4 Å². The number of rotatable bonds is 2. The molecule has 11 atom stereocenters. The van der Waals surface area contributed by atoms with Crippen molar-refractivity contribution in [3.05, 3.63) is 35.1 Å². The number of hydrogen-bond donors (Lipinski definition) is 2. The maximum absolute atomic E-state index is 14.5. The highest BCUT2D eigenvalue weighted by Crippen LogP contribution is 2.64. The van der Waals surface area contributed by atoms with Gasteiger partial charge in [-0.15, -0.1) is 0 Å². The minimum atomic E-state index is -1.22. The third-order valence-corrected chi connectivity index (χ3v) is 13.0. The van der Waals surface area contributed by atoms with Crippen molar-refractivity contribution in [3.63, 3.8) is 0 Å². The first-order chi connectivity index (χ1) is 22.9. The van der Waals surface area contributed by atoms with Crippen molar-refractivity contribution in [3.8, 4) is 0 Å². The van der Waals surface area contributed by atoms with Crippen LogP contribution >= 0.6 is 0 Å². The summed E-state index contributed by atoms with van der Waals surface area (Å²) >= 11 is 0. The number of carbonyl (C=O) groups excluding carboxylic acids is 3. The quantitative estimate of drug-likeness (QED) is 0.232. The monoisotopic (exact) mass is 682 g/mol. The van der Waals surface area contributed by atoms with Crippen LogP contribution in [0, 0.1) is 40.9 Å². The van der Waals surface area contributed by atoms with Crippen molar-refractivity contribution in [2.75, 3.05) is 7.11 Å². The van der Waals surface area contributed by atoms with Crippen molar-refractivity contribution in [2.24, 2.45) is 40.9 Å². The van der Waals surface area contributed by atoms with E-state index in [1.54, 1.807) is 6.92 Å². The van der Waals surface area contributed by atoms with E-state index in [2.05, 4.69) is 32.1 Å². The molecule has 1 saturated carbocycles. The smallest absolute Gasteiger partial charge is 0.313 e. The normalized spacial score (nSPS) is 47.0. The predicted molar refractivity (Wildman–Crippen MR) is 188 cm³/mol. The van der Waals surface area contributed by atoms with E-state index in [4.69, 9.17) is 14.2 Å². The molecule has 0 aromatic rings. The second kappa shape index (κ2) is 14.0. The van der Waals surface area contributed by atoms with Crippen LogP contribution in [-0.2, 0) is 28.6 Å². The topological polar surface area (TPSA) is 119 Å². The average molecular weight is 683 g/mol. The molecule has 2 N–H and O–H groups in total. The summed E-state index contributed by atoms with van der Waals surface area (Å²) in [5.74, 6) is -1.08. The molecule has 8 nitrogen and oxygen atoms in total. The van der Waals surface area contributed by atoms with Crippen molar-refractivity contribution in [2.45, 2.75) is 155 Å². The Morgan fingerprint density at radius 2 is 1.76 bits per heavy atom. The van der Waals surface area contributed by atoms with Gasteiger partial charge in [0.2, 0.25) is 0 Å². The van der Waals surface area contributed by atoms with Crippen molar-refractivity contribution in [1.82, 2.24) is 0 Å². The fraction of sp³-hybridized carbons (Fsp3) is 0.780. The number of methoxy groups -OCH3 is 1. The van der Waals surface area contributed by atoms with Crippen LogP contribution in [0.3, 0.4) is 0 Å². The van der Waals surface area contributed by atoms with E-state index in [-0.39, 0.29) is 54.5 Å². The number of allylic oxidation sites excluding steroid dienone is 4. The van der Waals surface area contributed by atoms with Gasteiger partial charge in [0.1, 0.15) is 17.2 Å². The minimum Gasteiger partial charge on any atom is -0.487 e. The third-order valence-electron chi connectivity index (χ3n) is 13.0. The van der Waals surface area contributed by atoms with Gasteiger partial charge in [0.15, 0.2) is 0 Å². The molecule has 4 fully saturated rings. The maximum Gasteiger partial charge on any atom is 0.313 e. The van der Waals surface area contributed by atoms with Gasteiger partial charge in [-0.3, -0.25) is 14.4 Å².